The molecule has 0 unspecified atom stereocenters. The molecule has 0 saturated carbocycles. The Labute approximate surface area is 139 Å². The van der Waals surface area contributed by atoms with Crippen LogP contribution in [0.1, 0.15) is 12.5 Å². The molecule has 0 aromatic heterocycles. The number of thioether (sulfide) groups is 1. The van der Waals surface area contributed by atoms with Gasteiger partial charge in [0.25, 0.3) is 0 Å². The summed E-state index contributed by atoms with van der Waals surface area (Å²) in [4.78, 5) is 1.29. The summed E-state index contributed by atoms with van der Waals surface area (Å²) in [6, 6.07) is 16.6. The Kier molecular flexibility index (Phi) is 7.13. The number of halogens is 1. The fourth-order valence-corrected chi connectivity index (χ4v) is 3.08. The van der Waals surface area contributed by atoms with Gasteiger partial charge in [-0.15, -0.1) is 11.8 Å². The molecule has 0 amide bonds. The minimum atomic E-state index is 0.707. The fourth-order valence-electron chi connectivity index (χ4n) is 1.89. The molecule has 0 atom stereocenters. The Morgan fingerprint density at radius 3 is 2.81 bits per heavy atom. The van der Waals surface area contributed by atoms with Gasteiger partial charge in [0.2, 0.25) is 0 Å². The average molecular weight is 366 g/mol. The Hall–Kier alpha value is -0.970. The maximum absolute atomic E-state index is 5.74. The van der Waals surface area contributed by atoms with Crippen molar-refractivity contribution in [3.05, 3.63) is 58.6 Å². The van der Waals surface area contributed by atoms with Crippen molar-refractivity contribution in [2.75, 3.05) is 18.9 Å². The zero-order valence-electron chi connectivity index (χ0n) is 12.1. The van der Waals surface area contributed by atoms with Gasteiger partial charge in [0, 0.05) is 21.7 Å². The van der Waals surface area contributed by atoms with E-state index in [4.69, 9.17) is 4.74 Å². The summed E-state index contributed by atoms with van der Waals surface area (Å²) in [6.45, 7) is 4.76. The molecule has 0 aliphatic heterocycles. The third-order valence-corrected chi connectivity index (χ3v) is 4.35. The molecule has 2 aromatic rings. The molecule has 0 heterocycles. The number of benzene rings is 2. The van der Waals surface area contributed by atoms with E-state index in [2.05, 4.69) is 52.4 Å². The monoisotopic (exact) mass is 365 g/mol. The van der Waals surface area contributed by atoms with E-state index in [1.54, 1.807) is 0 Å². The van der Waals surface area contributed by atoms with Crippen molar-refractivity contribution in [3.63, 3.8) is 0 Å². The topological polar surface area (TPSA) is 21.3 Å². The first-order valence-corrected chi connectivity index (χ1v) is 8.86. The molecule has 0 bridgehead atoms. The molecule has 0 spiro atoms. The first-order valence-electron chi connectivity index (χ1n) is 7.09. The number of hydrogen-bond donors (Lipinski definition) is 1. The van der Waals surface area contributed by atoms with E-state index in [1.807, 2.05) is 36.0 Å². The van der Waals surface area contributed by atoms with Crippen LogP contribution in [0.15, 0.2) is 57.9 Å². The van der Waals surface area contributed by atoms with Crippen LogP contribution in [0.3, 0.4) is 0 Å². The predicted molar refractivity (Wildman–Crippen MR) is 94.2 cm³/mol. The zero-order chi connectivity index (χ0) is 14.9. The van der Waals surface area contributed by atoms with Crippen LogP contribution in [0.2, 0.25) is 0 Å². The molecular weight excluding hydrogens is 346 g/mol. The van der Waals surface area contributed by atoms with Crippen molar-refractivity contribution in [1.82, 2.24) is 5.32 Å². The lowest BCUT2D eigenvalue weighted by Gasteiger charge is -2.08. The van der Waals surface area contributed by atoms with Gasteiger partial charge in [-0.3, -0.25) is 0 Å². The second-order valence-corrected chi connectivity index (χ2v) is 6.67. The van der Waals surface area contributed by atoms with Gasteiger partial charge in [0.1, 0.15) is 5.75 Å². The summed E-state index contributed by atoms with van der Waals surface area (Å²) >= 11 is 5.27. The first-order chi connectivity index (χ1) is 10.3. The second kappa shape index (κ2) is 9.13. The smallest absolute Gasteiger partial charge is 0.120 e. The second-order valence-electron chi connectivity index (χ2n) is 4.58. The summed E-state index contributed by atoms with van der Waals surface area (Å²) in [7, 11) is 0. The molecule has 2 rings (SSSR count). The highest BCUT2D eigenvalue weighted by Crippen LogP contribution is 2.21. The van der Waals surface area contributed by atoms with Crippen molar-refractivity contribution < 1.29 is 4.74 Å². The van der Waals surface area contributed by atoms with Crippen LogP contribution in [0, 0.1) is 0 Å². The van der Waals surface area contributed by atoms with Gasteiger partial charge in [0.15, 0.2) is 0 Å². The number of hydrogen-bond acceptors (Lipinski definition) is 3. The molecule has 2 nitrogen and oxygen atoms in total. The third-order valence-electron chi connectivity index (χ3n) is 2.89. The molecule has 2 aromatic carbocycles. The normalized spacial score (nSPS) is 10.6. The predicted octanol–water partition coefficient (Wildman–Crippen LogP) is 4.73. The fraction of sp³-hybridized carbons (Fsp3) is 0.294. The van der Waals surface area contributed by atoms with Crippen molar-refractivity contribution in [3.8, 4) is 5.75 Å². The third kappa shape index (κ3) is 6.12. The number of ether oxygens (including phenoxy) is 1. The first kappa shape index (κ1) is 16.4. The maximum atomic E-state index is 5.74. The Bertz CT molecular complexity index is 562. The molecule has 0 fully saturated rings. The Morgan fingerprint density at radius 2 is 2.00 bits per heavy atom. The largest absolute Gasteiger partial charge is 0.493 e. The quantitative estimate of drug-likeness (QED) is 0.539. The SMILES string of the molecule is CCNCc1cccc(SCCOc2cccc(Br)c2)c1. The average Bonchev–Trinajstić information content (AvgIpc) is 2.50. The van der Waals surface area contributed by atoms with Crippen molar-refractivity contribution in [1.29, 1.82) is 0 Å². The lowest BCUT2D eigenvalue weighted by atomic mass is 10.2. The van der Waals surface area contributed by atoms with Crippen LogP contribution in [0.25, 0.3) is 0 Å². The van der Waals surface area contributed by atoms with Crippen LogP contribution in [0.4, 0.5) is 0 Å². The Morgan fingerprint density at radius 1 is 1.14 bits per heavy atom. The van der Waals surface area contributed by atoms with Gasteiger partial charge in [-0.2, -0.15) is 0 Å². The van der Waals surface area contributed by atoms with Gasteiger partial charge in [0.05, 0.1) is 6.61 Å². The van der Waals surface area contributed by atoms with E-state index in [0.29, 0.717) is 6.61 Å². The van der Waals surface area contributed by atoms with Gasteiger partial charge in [-0.1, -0.05) is 41.1 Å². The Balaban J connectivity index is 1.75. The molecular formula is C17H20BrNOS. The van der Waals surface area contributed by atoms with Gasteiger partial charge in [-0.25, -0.2) is 0 Å². The van der Waals surface area contributed by atoms with Crippen LogP contribution in [-0.2, 0) is 6.54 Å². The highest BCUT2D eigenvalue weighted by Gasteiger charge is 1.99. The van der Waals surface area contributed by atoms with E-state index in [-0.39, 0.29) is 0 Å². The van der Waals surface area contributed by atoms with Gasteiger partial charge in [-0.05, 0) is 42.4 Å². The highest BCUT2D eigenvalue weighted by atomic mass is 79.9. The standard InChI is InChI=1S/C17H20BrNOS/c1-2-19-13-14-5-3-8-17(11-14)21-10-9-20-16-7-4-6-15(18)12-16/h3-8,11-12,19H,2,9-10,13H2,1H3. The van der Waals surface area contributed by atoms with Crippen molar-refractivity contribution in [2.45, 2.75) is 18.4 Å². The minimum Gasteiger partial charge on any atom is -0.493 e. The lowest BCUT2D eigenvalue weighted by molar-refractivity contribution is 0.344. The summed E-state index contributed by atoms with van der Waals surface area (Å²) in [5, 5.41) is 3.35. The van der Waals surface area contributed by atoms with Crippen LogP contribution >= 0.6 is 27.7 Å². The molecule has 112 valence electrons. The van der Waals surface area contributed by atoms with E-state index < -0.39 is 0 Å². The van der Waals surface area contributed by atoms with E-state index in [1.165, 1.54) is 10.5 Å². The van der Waals surface area contributed by atoms with Crippen molar-refractivity contribution in [2.24, 2.45) is 0 Å². The molecule has 0 radical (unpaired) electrons. The summed E-state index contributed by atoms with van der Waals surface area (Å²) in [5.74, 6) is 1.85. The van der Waals surface area contributed by atoms with E-state index in [0.717, 1.165) is 29.1 Å². The lowest BCUT2D eigenvalue weighted by Crippen LogP contribution is -2.11. The van der Waals surface area contributed by atoms with Crippen molar-refractivity contribution >= 4 is 27.7 Å². The van der Waals surface area contributed by atoms with E-state index >= 15 is 0 Å². The van der Waals surface area contributed by atoms with Crippen LogP contribution in [0.5, 0.6) is 5.75 Å². The zero-order valence-corrected chi connectivity index (χ0v) is 14.5. The summed E-state index contributed by atoms with van der Waals surface area (Å²) in [6.07, 6.45) is 0. The number of nitrogens with one attached hydrogen (secondary N) is 1. The van der Waals surface area contributed by atoms with E-state index in [9.17, 15) is 0 Å². The van der Waals surface area contributed by atoms with Crippen LogP contribution < -0.4 is 10.1 Å². The summed E-state index contributed by atoms with van der Waals surface area (Å²) < 4.78 is 6.79. The molecule has 21 heavy (non-hydrogen) atoms. The molecule has 1 N–H and O–H groups in total. The molecule has 0 saturated heterocycles. The summed E-state index contributed by atoms with van der Waals surface area (Å²) in [5.41, 5.74) is 1.33. The van der Waals surface area contributed by atoms with Gasteiger partial charge >= 0.3 is 0 Å². The van der Waals surface area contributed by atoms with Crippen LogP contribution in [-0.4, -0.2) is 18.9 Å². The molecule has 4 heteroatoms. The highest BCUT2D eigenvalue weighted by molar-refractivity contribution is 9.10. The van der Waals surface area contributed by atoms with Gasteiger partial charge < -0.3 is 10.1 Å². The molecule has 0 aliphatic carbocycles. The minimum absolute atomic E-state index is 0.707. The maximum Gasteiger partial charge on any atom is 0.120 e. The molecule has 0 aliphatic rings. The number of rotatable bonds is 8.